The number of anilines is 1. The van der Waals surface area contributed by atoms with E-state index in [2.05, 4.69) is 10.4 Å². The fourth-order valence-electron chi connectivity index (χ4n) is 1.69. The third-order valence-corrected chi connectivity index (χ3v) is 2.74. The highest BCUT2D eigenvalue weighted by molar-refractivity contribution is 5.66. The van der Waals surface area contributed by atoms with Gasteiger partial charge in [0.2, 0.25) is 0 Å². The Morgan fingerprint density at radius 2 is 2.17 bits per heavy atom. The van der Waals surface area contributed by atoms with Crippen molar-refractivity contribution in [3.05, 3.63) is 22.1 Å². The number of H-pyrrole nitrogens is 1. The molecule has 0 aliphatic heterocycles. The second-order valence-electron chi connectivity index (χ2n) is 4.13. The number of hydrogen-bond donors (Lipinski definition) is 2. The smallest absolute Gasteiger partial charge is 0.373 e. The van der Waals surface area contributed by atoms with E-state index in [1.807, 2.05) is 0 Å². The van der Waals surface area contributed by atoms with Gasteiger partial charge in [-0.1, -0.05) is 0 Å². The summed E-state index contributed by atoms with van der Waals surface area (Å²) in [6.45, 7) is 0. The van der Waals surface area contributed by atoms with Gasteiger partial charge in [-0.25, -0.2) is 5.10 Å². The average molecular weight is 261 g/mol. The molecule has 2 N–H and O–H groups in total. The number of halogens is 3. The molecule has 0 amide bonds. The van der Waals surface area contributed by atoms with Gasteiger partial charge in [-0.05, 0) is 18.8 Å². The van der Waals surface area contributed by atoms with Crippen LogP contribution in [0.5, 0.6) is 0 Å². The van der Waals surface area contributed by atoms with Gasteiger partial charge in [-0.2, -0.15) is 18.3 Å². The van der Waals surface area contributed by atoms with Crippen molar-refractivity contribution in [3.8, 4) is 0 Å². The summed E-state index contributed by atoms with van der Waals surface area (Å²) in [5.74, 6) is 0.0304. The van der Waals surface area contributed by atoms with Crippen molar-refractivity contribution in [2.75, 3.05) is 5.32 Å². The lowest BCUT2D eigenvalue weighted by atomic mass is 10.1. The molecule has 1 aliphatic carbocycles. The Kier molecular flexibility index (Phi) is 3.10. The number of rotatable bonds is 4. The molecule has 1 heterocycles. The largest absolute Gasteiger partial charge is 0.423 e. The van der Waals surface area contributed by atoms with Crippen molar-refractivity contribution in [2.24, 2.45) is 5.92 Å². The summed E-state index contributed by atoms with van der Waals surface area (Å²) in [6.07, 6.45) is -1.80. The quantitative estimate of drug-likeness (QED) is 0.798. The fourth-order valence-corrected chi connectivity index (χ4v) is 1.69. The Morgan fingerprint density at radius 1 is 1.50 bits per heavy atom. The van der Waals surface area contributed by atoms with Crippen molar-refractivity contribution < 1.29 is 18.0 Å². The molecule has 1 fully saturated rings. The molecule has 0 unspecified atom stereocenters. The molecular weight excluding hydrogens is 251 g/mol. The lowest BCUT2D eigenvalue weighted by Gasteiger charge is -2.16. The molecule has 1 aliphatic rings. The number of alkyl halides is 3. The van der Waals surface area contributed by atoms with Gasteiger partial charge in [0.05, 0.1) is 17.9 Å². The molecule has 0 bridgehead atoms. The lowest BCUT2D eigenvalue weighted by molar-refractivity contribution is -0.138. The minimum Gasteiger partial charge on any atom is -0.373 e. The average Bonchev–Trinajstić information content (AvgIpc) is 3.07. The molecule has 0 spiro atoms. The van der Waals surface area contributed by atoms with Crippen molar-refractivity contribution in [1.29, 1.82) is 0 Å². The van der Waals surface area contributed by atoms with Gasteiger partial charge in [-0.15, -0.1) is 0 Å². The monoisotopic (exact) mass is 261 g/mol. The third kappa shape index (κ3) is 2.52. The molecule has 5 nitrogen and oxygen atoms in total. The van der Waals surface area contributed by atoms with Crippen LogP contribution in [0.1, 0.15) is 18.4 Å². The van der Waals surface area contributed by atoms with E-state index in [9.17, 15) is 22.8 Å². The minimum absolute atomic E-state index is 0.0304. The number of carbonyl (C=O) groups excluding carboxylic acids is 1. The van der Waals surface area contributed by atoms with Crippen LogP contribution in [0.4, 0.5) is 18.9 Å². The Hall–Kier alpha value is -1.86. The standard InChI is InChI=1S/C10H10F3N3O2/c11-10(12,13)8-6(3-14-16-9(8)18)15-7(4-17)5-1-2-5/h3-5,7H,1-2H2,(H2,15,16,18)/t7-/m1/s1. The number of carbonyl (C=O) groups is 1. The maximum Gasteiger partial charge on any atom is 0.423 e. The van der Waals surface area contributed by atoms with Gasteiger partial charge in [0, 0.05) is 0 Å². The van der Waals surface area contributed by atoms with E-state index >= 15 is 0 Å². The molecule has 98 valence electrons. The summed E-state index contributed by atoms with van der Waals surface area (Å²) in [4.78, 5) is 22.0. The number of aromatic amines is 1. The van der Waals surface area contributed by atoms with E-state index in [4.69, 9.17) is 0 Å². The Bertz CT molecular complexity index is 508. The van der Waals surface area contributed by atoms with E-state index < -0.39 is 29.0 Å². The van der Waals surface area contributed by atoms with Gasteiger partial charge >= 0.3 is 6.18 Å². The Labute approximate surface area is 99.4 Å². The first-order valence-corrected chi connectivity index (χ1v) is 5.30. The van der Waals surface area contributed by atoms with Crippen LogP contribution in [0.3, 0.4) is 0 Å². The summed E-state index contributed by atoms with van der Waals surface area (Å²) in [5, 5.41) is 7.47. The first-order chi connectivity index (χ1) is 8.43. The molecule has 1 aromatic heterocycles. The van der Waals surface area contributed by atoms with Crippen LogP contribution in [-0.4, -0.2) is 22.5 Å². The van der Waals surface area contributed by atoms with Crippen molar-refractivity contribution in [2.45, 2.75) is 25.1 Å². The third-order valence-electron chi connectivity index (χ3n) is 2.74. The summed E-state index contributed by atoms with van der Waals surface area (Å²) < 4.78 is 38.1. The molecule has 1 saturated carbocycles. The first kappa shape index (κ1) is 12.6. The molecule has 0 radical (unpaired) electrons. The molecule has 18 heavy (non-hydrogen) atoms. The summed E-state index contributed by atoms with van der Waals surface area (Å²) >= 11 is 0. The van der Waals surface area contributed by atoms with Gasteiger partial charge in [0.25, 0.3) is 5.56 Å². The van der Waals surface area contributed by atoms with E-state index in [1.54, 1.807) is 5.10 Å². The van der Waals surface area contributed by atoms with Gasteiger partial charge < -0.3 is 10.1 Å². The number of aromatic nitrogens is 2. The highest BCUT2D eigenvalue weighted by Gasteiger charge is 2.39. The van der Waals surface area contributed by atoms with Crippen LogP contribution in [0.15, 0.2) is 11.0 Å². The SMILES string of the molecule is O=C[C@@H](Nc1cn[nH]c(=O)c1C(F)(F)F)C1CC1. The highest BCUT2D eigenvalue weighted by Crippen LogP contribution is 2.36. The maximum atomic E-state index is 12.7. The second-order valence-corrected chi connectivity index (χ2v) is 4.13. The zero-order valence-corrected chi connectivity index (χ0v) is 9.12. The molecule has 8 heteroatoms. The fraction of sp³-hybridized carbons (Fsp3) is 0.500. The van der Waals surface area contributed by atoms with Gasteiger partial charge in [0.15, 0.2) is 0 Å². The number of hydrogen-bond acceptors (Lipinski definition) is 4. The number of nitrogens with one attached hydrogen (secondary N) is 2. The normalized spacial score (nSPS) is 17.3. The Balaban J connectivity index is 2.35. The molecule has 0 saturated heterocycles. The predicted molar refractivity (Wildman–Crippen MR) is 56.1 cm³/mol. The molecule has 1 aromatic rings. The lowest BCUT2D eigenvalue weighted by Crippen LogP contribution is -2.30. The van der Waals surface area contributed by atoms with E-state index in [-0.39, 0.29) is 5.92 Å². The zero-order chi connectivity index (χ0) is 13.3. The zero-order valence-electron chi connectivity index (χ0n) is 9.12. The molecule has 0 aromatic carbocycles. The summed E-state index contributed by atoms with van der Waals surface area (Å²) in [5.41, 5.74) is -3.15. The van der Waals surface area contributed by atoms with Crippen LogP contribution >= 0.6 is 0 Å². The van der Waals surface area contributed by atoms with Gasteiger partial charge in [0.1, 0.15) is 11.8 Å². The number of nitrogens with zero attached hydrogens (tertiary/aromatic N) is 1. The van der Waals surface area contributed by atoms with E-state index in [0.717, 1.165) is 19.0 Å². The van der Waals surface area contributed by atoms with E-state index in [0.29, 0.717) is 6.29 Å². The van der Waals surface area contributed by atoms with Crippen LogP contribution in [0.2, 0.25) is 0 Å². The topological polar surface area (TPSA) is 74.8 Å². The minimum atomic E-state index is -4.80. The van der Waals surface area contributed by atoms with Crippen LogP contribution in [-0.2, 0) is 11.0 Å². The Morgan fingerprint density at radius 3 is 2.67 bits per heavy atom. The van der Waals surface area contributed by atoms with Crippen molar-refractivity contribution >= 4 is 12.0 Å². The van der Waals surface area contributed by atoms with Crippen molar-refractivity contribution in [1.82, 2.24) is 10.2 Å². The molecular formula is C10H10F3N3O2. The van der Waals surface area contributed by atoms with E-state index in [1.165, 1.54) is 0 Å². The van der Waals surface area contributed by atoms with Gasteiger partial charge in [-0.3, -0.25) is 4.79 Å². The predicted octanol–water partition coefficient (Wildman–Crippen LogP) is 1.18. The molecule has 1 atom stereocenters. The van der Waals surface area contributed by atoms with Crippen LogP contribution < -0.4 is 10.9 Å². The number of aldehydes is 1. The maximum absolute atomic E-state index is 12.7. The van der Waals surface area contributed by atoms with Crippen LogP contribution in [0, 0.1) is 5.92 Å². The molecule has 2 rings (SSSR count). The summed E-state index contributed by atoms with van der Waals surface area (Å²) in [7, 11) is 0. The van der Waals surface area contributed by atoms with Crippen LogP contribution in [0.25, 0.3) is 0 Å². The summed E-state index contributed by atoms with van der Waals surface area (Å²) in [6, 6.07) is -0.713. The highest BCUT2D eigenvalue weighted by atomic mass is 19.4. The van der Waals surface area contributed by atoms with Crippen molar-refractivity contribution in [3.63, 3.8) is 0 Å². The first-order valence-electron chi connectivity index (χ1n) is 5.30. The second kappa shape index (κ2) is 4.43.